The smallest absolute Gasteiger partial charge is 0.0923 e. The van der Waals surface area contributed by atoms with Gasteiger partial charge in [0, 0.05) is 24.2 Å². The summed E-state index contributed by atoms with van der Waals surface area (Å²) >= 11 is 0. The minimum absolute atomic E-state index is 0.248. The van der Waals surface area contributed by atoms with Crippen LogP contribution >= 0.6 is 0 Å². The molecular weight excluding hydrogens is 280 g/mol. The zero-order chi connectivity index (χ0) is 16.6. The lowest BCUT2D eigenvalue weighted by molar-refractivity contribution is 0.254. The van der Waals surface area contributed by atoms with Crippen LogP contribution in [0.5, 0.6) is 0 Å². The van der Waals surface area contributed by atoms with Crippen molar-refractivity contribution in [2.75, 3.05) is 25.0 Å². The van der Waals surface area contributed by atoms with Gasteiger partial charge in [-0.2, -0.15) is 0 Å². The van der Waals surface area contributed by atoms with Gasteiger partial charge in [-0.3, -0.25) is 4.90 Å². The van der Waals surface area contributed by atoms with Crippen molar-refractivity contribution in [2.45, 2.75) is 52.1 Å². The maximum absolute atomic E-state index is 2.62. The van der Waals surface area contributed by atoms with Crippen molar-refractivity contribution in [1.29, 1.82) is 0 Å². The first kappa shape index (κ1) is 16.3. The molecular formula is C21H30N2. The zero-order valence-electron chi connectivity index (χ0n) is 15.3. The molecule has 2 heteroatoms. The summed E-state index contributed by atoms with van der Waals surface area (Å²) in [6.07, 6.45) is 7.67. The molecule has 2 atom stereocenters. The van der Waals surface area contributed by atoms with E-state index in [4.69, 9.17) is 0 Å². The highest BCUT2D eigenvalue weighted by Gasteiger charge is 2.55. The molecule has 0 saturated carbocycles. The number of benzene rings is 1. The Labute approximate surface area is 141 Å². The van der Waals surface area contributed by atoms with E-state index in [1.165, 1.54) is 29.8 Å². The molecule has 2 nitrogen and oxygen atoms in total. The summed E-state index contributed by atoms with van der Waals surface area (Å²) in [5.74, 6) is 0. The number of anilines is 1. The van der Waals surface area contributed by atoms with Gasteiger partial charge < -0.3 is 4.90 Å². The summed E-state index contributed by atoms with van der Waals surface area (Å²) in [6.45, 7) is 11.0. The Balaban J connectivity index is 2.07. The molecule has 2 heterocycles. The lowest BCUT2D eigenvalue weighted by atomic mass is 9.76. The van der Waals surface area contributed by atoms with Crippen LogP contribution in [0.1, 0.15) is 46.1 Å². The topological polar surface area (TPSA) is 6.48 Å². The normalized spacial score (nSPS) is 26.0. The summed E-state index contributed by atoms with van der Waals surface area (Å²) in [6, 6.07) is 9.07. The van der Waals surface area contributed by atoms with Gasteiger partial charge in [-0.05, 0) is 59.2 Å². The Morgan fingerprint density at radius 3 is 2.52 bits per heavy atom. The Bertz CT molecular complexity index is 635. The zero-order valence-corrected chi connectivity index (χ0v) is 15.3. The first-order chi connectivity index (χ1) is 11.0. The molecule has 0 unspecified atom stereocenters. The first-order valence-corrected chi connectivity index (χ1v) is 8.79. The van der Waals surface area contributed by atoms with Crippen LogP contribution in [0.25, 0.3) is 0 Å². The molecule has 0 radical (unpaired) electrons. The number of nitrogens with zero attached hydrogens (tertiary/aromatic N) is 2. The summed E-state index contributed by atoms with van der Waals surface area (Å²) < 4.78 is 0. The third-order valence-corrected chi connectivity index (χ3v) is 5.44. The average molecular weight is 310 g/mol. The third-order valence-electron chi connectivity index (χ3n) is 5.44. The summed E-state index contributed by atoms with van der Waals surface area (Å²) in [5.41, 5.74) is 6.05. The van der Waals surface area contributed by atoms with Crippen molar-refractivity contribution in [3.8, 4) is 0 Å². The van der Waals surface area contributed by atoms with E-state index in [0.29, 0.717) is 6.17 Å². The van der Waals surface area contributed by atoms with Crippen LogP contribution in [0.2, 0.25) is 0 Å². The van der Waals surface area contributed by atoms with Gasteiger partial charge in [0.2, 0.25) is 0 Å². The Morgan fingerprint density at radius 1 is 1.13 bits per heavy atom. The monoisotopic (exact) mass is 310 g/mol. The van der Waals surface area contributed by atoms with Crippen LogP contribution in [0.3, 0.4) is 0 Å². The number of likely N-dealkylation sites (tertiary alicyclic amines) is 1. The molecule has 124 valence electrons. The fourth-order valence-electron chi connectivity index (χ4n) is 4.32. The summed E-state index contributed by atoms with van der Waals surface area (Å²) in [5, 5.41) is 0. The van der Waals surface area contributed by atoms with Crippen LogP contribution in [0, 0.1) is 0 Å². The molecule has 3 rings (SSSR count). The second-order valence-corrected chi connectivity index (χ2v) is 7.70. The predicted molar refractivity (Wildman–Crippen MR) is 100.0 cm³/mol. The summed E-state index contributed by atoms with van der Waals surface area (Å²) in [4.78, 5) is 5.17. The van der Waals surface area contributed by atoms with Gasteiger partial charge in [0.15, 0.2) is 0 Å². The molecule has 0 aromatic heterocycles. The number of para-hydroxylation sites is 1. The molecule has 0 amide bonds. The molecule has 0 N–H and O–H groups in total. The highest BCUT2D eigenvalue weighted by molar-refractivity contribution is 5.65. The number of hydrogen-bond donors (Lipinski definition) is 0. The quantitative estimate of drug-likeness (QED) is 0.742. The molecule has 0 aliphatic carbocycles. The number of fused-ring (bicyclic) bond motifs is 3. The van der Waals surface area contributed by atoms with Crippen molar-refractivity contribution >= 4 is 5.69 Å². The molecule has 1 aromatic rings. The van der Waals surface area contributed by atoms with E-state index in [0.717, 1.165) is 13.0 Å². The van der Waals surface area contributed by atoms with Gasteiger partial charge >= 0.3 is 0 Å². The van der Waals surface area contributed by atoms with Gasteiger partial charge in [-0.15, -0.1) is 0 Å². The van der Waals surface area contributed by atoms with Crippen LogP contribution in [-0.2, 0) is 5.41 Å². The molecule has 23 heavy (non-hydrogen) atoms. The van der Waals surface area contributed by atoms with Crippen molar-refractivity contribution in [3.63, 3.8) is 0 Å². The van der Waals surface area contributed by atoms with Crippen molar-refractivity contribution in [1.82, 2.24) is 4.90 Å². The molecule has 2 aliphatic rings. The fraction of sp³-hybridized carbons (Fsp3) is 0.524. The lowest BCUT2D eigenvalue weighted by Crippen LogP contribution is -2.48. The molecule has 2 aliphatic heterocycles. The van der Waals surface area contributed by atoms with Crippen LogP contribution < -0.4 is 4.90 Å². The Hall–Kier alpha value is -1.54. The average Bonchev–Trinajstić information content (AvgIpc) is 2.98. The van der Waals surface area contributed by atoms with Crippen molar-refractivity contribution < 1.29 is 0 Å². The van der Waals surface area contributed by atoms with Crippen molar-refractivity contribution in [2.24, 2.45) is 0 Å². The molecule has 0 spiro atoms. The molecule has 0 bridgehead atoms. The largest absolute Gasteiger partial charge is 0.351 e. The third kappa shape index (κ3) is 2.74. The second-order valence-electron chi connectivity index (χ2n) is 7.70. The van der Waals surface area contributed by atoms with Gasteiger partial charge in [0.25, 0.3) is 0 Å². The lowest BCUT2D eigenvalue weighted by Gasteiger charge is -2.36. The molecule has 1 saturated heterocycles. The van der Waals surface area contributed by atoms with Crippen molar-refractivity contribution in [3.05, 3.63) is 53.1 Å². The van der Waals surface area contributed by atoms with E-state index in [1.54, 1.807) is 5.56 Å². The maximum Gasteiger partial charge on any atom is 0.0923 e. The number of rotatable bonds is 4. The minimum Gasteiger partial charge on any atom is -0.351 e. The van der Waals surface area contributed by atoms with Gasteiger partial charge in [0.1, 0.15) is 0 Å². The first-order valence-electron chi connectivity index (χ1n) is 8.79. The number of hydrogen-bond acceptors (Lipinski definition) is 2. The van der Waals surface area contributed by atoms with Crippen LogP contribution in [-0.4, -0.2) is 31.2 Å². The van der Waals surface area contributed by atoms with Gasteiger partial charge in [-0.1, -0.05) is 41.5 Å². The van der Waals surface area contributed by atoms with Gasteiger partial charge in [-0.25, -0.2) is 0 Å². The van der Waals surface area contributed by atoms with Crippen LogP contribution in [0.15, 0.2) is 47.6 Å². The molecule has 1 fully saturated rings. The molecule has 1 aromatic carbocycles. The number of allylic oxidation sites excluding steroid dienone is 3. The standard InChI is InChI=1S/C21H30N2/c1-16(2)10-12-21-13-15-22(5)20(21)23(14-11-17(3)4)19-9-7-6-8-18(19)21/h6-11,20H,12-15H2,1-5H3/t20-,21+/m0/s1. The van der Waals surface area contributed by atoms with E-state index in [9.17, 15) is 0 Å². The highest BCUT2D eigenvalue weighted by Crippen LogP contribution is 2.53. The van der Waals surface area contributed by atoms with E-state index in [2.05, 4.69) is 81.0 Å². The Kier molecular flexibility index (Phi) is 4.37. The van der Waals surface area contributed by atoms with E-state index in [-0.39, 0.29) is 5.41 Å². The fourth-order valence-corrected chi connectivity index (χ4v) is 4.32. The maximum atomic E-state index is 2.62. The van der Waals surface area contributed by atoms with E-state index < -0.39 is 0 Å². The van der Waals surface area contributed by atoms with E-state index in [1.807, 2.05) is 0 Å². The SMILES string of the molecule is CC(C)=CCN1c2ccccc2[C@@]2(CC=C(C)C)CCN(C)[C@@H]12. The second kappa shape index (κ2) is 6.16. The number of likely N-dealkylation sites (N-methyl/N-ethyl adjacent to an activating group) is 1. The van der Waals surface area contributed by atoms with Gasteiger partial charge in [0.05, 0.1) is 6.17 Å². The predicted octanol–water partition coefficient (Wildman–Crippen LogP) is 4.73. The highest BCUT2D eigenvalue weighted by atomic mass is 15.4. The van der Waals surface area contributed by atoms with Crippen LogP contribution in [0.4, 0.5) is 5.69 Å². The Morgan fingerprint density at radius 2 is 1.83 bits per heavy atom. The summed E-state index contributed by atoms with van der Waals surface area (Å²) in [7, 11) is 2.29. The van der Waals surface area contributed by atoms with E-state index >= 15 is 0 Å². The minimum atomic E-state index is 0.248.